The van der Waals surface area contributed by atoms with Gasteiger partial charge in [0.2, 0.25) is 11.8 Å². The van der Waals surface area contributed by atoms with Crippen LogP contribution < -0.4 is 0 Å². The molecule has 1 aliphatic heterocycles. The summed E-state index contributed by atoms with van der Waals surface area (Å²) in [5.41, 5.74) is 0.955. The number of aryl methyl sites for hydroxylation is 1. The van der Waals surface area contributed by atoms with E-state index in [0.717, 1.165) is 34.5 Å². The molecule has 0 bridgehead atoms. The Morgan fingerprint density at radius 3 is 3.08 bits per heavy atom. The van der Waals surface area contributed by atoms with Crippen LogP contribution in [0.25, 0.3) is 16.3 Å². The maximum Gasteiger partial charge on any atom is 0.249 e. The predicted octanol–water partition coefficient (Wildman–Crippen LogP) is 3.62. The zero-order valence-corrected chi connectivity index (χ0v) is 14.7. The van der Waals surface area contributed by atoms with Crippen LogP contribution in [0.5, 0.6) is 0 Å². The molecular formula is C18H18N4O2S. The summed E-state index contributed by atoms with van der Waals surface area (Å²) in [5.74, 6) is 1.17. The Hall–Kier alpha value is -2.54. The van der Waals surface area contributed by atoms with Crippen molar-refractivity contribution in [3.63, 3.8) is 0 Å². The number of benzene rings is 1. The second-order valence-corrected chi connectivity index (χ2v) is 7.01. The van der Waals surface area contributed by atoms with Crippen molar-refractivity contribution in [3.05, 3.63) is 47.1 Å². The van der Waals surface area contributed by atoms with Crippen LogP contribution in [0.1, 0.15) is 42.5 Å². The van der Waals surface area contributed by atoms with Crippen molar-refractivity contribution in [2.75, 3.05) is 6.54 Å². The first kappa shape index (κ1) is 16.0. The summed E-state index contributed by atoms with van der Waals surface area (Å²) in [4.78, 5) is 23.3. The number of fused-ring (bicyclic) bond motifs is 1. The van der Waals surface area contributed by atoms with Gasteiger partial charge >= 0.3 is 0 Å². The van der Waals surface area contributed by atoms with E-state index in [1.807, 2.05) is 31.2 Å². The third kappa shape index (κ3) is 3.19. The molecule has 1 saturated heterocycles. The van der Waals surface area contributed by atoms with Crippen molar-refractivity contribution in [2.24, 2.45) is 0 Å². The quantitative estimate of drug-likeness (QED) is 0.669. The van der Waals surface area contributed by atoms with E-state index in [4.69, 9.17) is 4.52 Å². The third-order valence-corrected chi connectivity index (χ3v) is 5.30. The van der Waals surface area contributed by atoms with Crippen LogP contribution in [0.4, 0.5) is 0 Å². The van der Waals surface area contributed by atoms with Crippen molar-refractivity contribution >= 4 is 33.5 Å². The van der Waals surface area contributed by atoms with E-state index >= 15 is 0 Å². The number of carbonyl (C=O) groups excluding carboxylic acids is 1. The van der Waals surface area contributed by atoms with E-state index in [9.17, 15) is 4.79 Å². The molecule has 6 nitrogen and oxygen atoms in total. The summed E-state index contributed by atoms with van der Waals surface area (Å²) in [5, 5.41) is 4.77. The summed E-state index contributed by atoms with van der Waals surface area (Å²) in [6.45, 7) is 2.68. The number of amides is 1. The fraction of sp³-hybridized carbons (Fsp3) is 0.333. The van der Waals surface area contributed by atoms with E-state index in [-0.39, 0.29) is 11.9 Å². The van der Waals surface area contributed by atoms with Crippen LogP contribution in [0.3, 0.4) is 0 Å². The molecule has 0 aliphatic carbocycles. The summed E-state index contributed by atoms with van der Waals surface area (Å²) in [6, 6.07) is 7.83. The van der Waals surface area contributed by atoms with E-state index in [0.29, 0.717) is 18.3 Å². The van der Waals surface area contributed by atoms with Crippen molar-refractivity contribution < 1.29 is 9.32 Å². The topological polar surface area (TPSA) is 72.1 Å². The van der Waals surface area contributed by atoms with Gasteiger partial charge < -0.3 is 9.42 Å². The van der Waals surface area contributed by atoms with Gasteiger partial charge in [-0.3, -0.25) is 4.79 Å². The molecule has 128 valence electrons. The molecular weight excluding hydrogens is 336 g/mol. The molecule has 0 saturated carbocycles. The molecule has 2 aromatic heterocycles. The number of para-hydroxylation sites is 1. The molecule has 1 atom stereocenters. The smallest absolute Gasteiger partial charge is 0.249 e. The molecule has 3 heterocycles. The highest BCUT2D eigenvalue weighted by atomic mass is 32.1. The van der Waals surface area contributed by atoms with Crippen LogP contribution in [0.15, 0.2) is 34.9 Å². The molecule has 0 N–H and O–H groups in total. The zero-order chi connectivity index (χ0) is 17.2. The summed E-state index contributed by atoms with van der Waals surface area (Å²) < 4.78 is 6.45. The molecule has 0 unspecified atom stereocenters. The van der Waals surface area contributed by atoms with Gasteiger partial charge in [0, 0.05) is 19.0 Å². The van der Waals surface area contributed by atoms with Crippen LogP contribution in [0.2, 0.25) is 0 Å². The Morgan fingerprint density at radius 1 is 1.40 bits per heavy atom. The van der Waals surface area contributed by atoms with E-state index in [1.165, 1.54) is 0 Å². The van der Waals surface area contributed by atoms with Crippen molar-refractivity contribution in [1.82, 2.24) is 20.0 Å². The number of rotatable bonds is 4. The Morgan fingerprint density at radius 2 is 2.28 bits per heavy atom. The van der Waals surface area contributed by atoms with Crippen LogP contribution in [-0.2, 0) is 11.2 Å². The molecule has 4 rings (SSSR count). The van der Waals surface area contributed by atoms with Gasteiger partial charge in [0.15, 0.2) is 5.82 Å². The van der Waals surface area contributed by atoms with E-state index in [1.54, 1.807) is 28.4 Å². The highest BCUT2D eigenvalue weighted by Crippen LogP contribution is 2.31. The number of carbonyl (C=O) groups is 1. The molecule has 25 heavy (non-hydrogen) atoms. The lowest BCUT2D eigenvalue weighted by atomic mass is 10.2. The minimum absolute atomic E-state index is 0.0435. The predicted molar refractivity (Wildman–Crippen MR) is 96.0 cm³/mol. The summed E-state index contributed by atoms with van der Waals surface area (Å²) in [7, 11) is 0. The molecule has 3 aromatic rings. The molecule has 7 heteroatoms. The number of hydrogen-bond acceptors (Lipinski definition) is 6. The number of nitrogens with zero attached hydrogens (tertiary/aromatic N) is 4. The average molecular weight is 354 g/mol. The van der Waals surface area contributed by atoms with E-state index in [2.05, 4.69) is 15.1 Å². The van der Waals surface area contributed by atoms with Gasteiger partial charge in [-0.2, -0.15) is 4.98 Å². The third-order valence-electron chi connectivity index (χ3n) is 4.30. The summed E-state index contributed by atoms with van der Waals surface area (Å²) >= 11 is 1.58. The fourth-order valence-corrected chi connectivity index (χ4v) is 3.90. The van der Waals surface area contributed by atoms with Crippen LogP contribution in [-0.4, -0.2) is 32.5 Å². The molecule has 1 aromatic carbocycles. The molecule has 0 spiro atoms. The van der Waals surface area contributed by atoms with Crippen molar-refractivity contribution in [3.8, 4) is 0 Å². The number of thiazole rings is 1. The van der Waals surface area contributed by atoms with Crippen LogP contribution in [0, 0.1) is 0 Å². The fourth-order valence-electron chi connectivity index (χ4n) is 3.03. The van der Waals surface area contributed by atoms with Gasteiger partial charge in [0.25, 0.3) is 0 Å². The lowest BCUT2D eigenvalue weighted by Gasteiger charge is -2.19. The second-order valence-electron chi connectivity index (χ2n) is 5.95. The standard InChI is InChI=1S/C18H18N4O2S/c1-2-15-20-18(24-21-15)13-7-5-11-22(13)17(23)10-9-16-19-12-6-3-4-8-14(12)25-16/h3-4,6,8-10,13H,2,5,7,11H2,1H3/t13-/m0/s1. The zero-order valence-electron chi connectivity index (χ0n) is 13.9. The molecule has 1 aliphatic rings. The lowest BCUT2D eigenvalue weighted by Crippen LogP contribution is -2.29. The lowest BCUT2D eigenvalue weighted by molar-refractivity contribution is -0.127. The minimum Gasteiger partial charge on any atom is -0.337 e. The Labute approximate surface area is 149 Å². The Bertz CT molecular complexity index is 897. The largest absolute Gasteiger partial charge is 0.337 e. The maximum absolute atomic E-state index is 12.6. The van der Waals surface area contributed by atoms with Gasteiger partial charge in [-0.1, -0.05) is 24.2 Å². The Kier molecular flexibility index (Phi) is 4.31. The highest BCUT2D eigenvalue weighted by Gasteiger charge is 2.32. The average Bonchev–Trinajstić information content (AvgIpc) is 3.37. The molecule has 1 amide bonds. The van der Waals surface area contributed by atoms with E-state index < -0.39 is 0 Å². The first-order chi connectivity index (χ1) is 12.2. The van der Waals surface area contributed by atoms with Gasteiger partial charge in [-0.25, -0.2) is 4.98 Å². The first-order valence-corrected chi connectivity index (χ1v) is 9.23. The van der Waals surface area contributed by atoms with Gasteiger partial charge in [-0.05, 0) is 31.1 Å². The number of hydrogen-bond donors (Lipinski definition) is 0. The van der Waals surface area contributed by atoms with Crippen molar-refractivity contribution in [2.45, 2.75) is 32.2 Å². The maximum atomic E-state index is 12.6. The van der Waals surface area contributed by atoms with Gasteiger partial charge in [0.05, 0.1) is 10.2 Å². The van der Waals surface area contributed by atoms with Gasteiger partial charge in [0.1, 0.15) is 11.0 Å². The molecule has 1 fully saturated rings. The highest BCUT2D eigenvalue weighted by molar-refractivity contribution is 7.19. The monoisotopic (exact) mass is 354 g/mol. The first-order valence-electron chi connectivity index (χ1n) is 8.41. The molecule has 0 radical (unpaired) electrons. The Balaban J connectivity index is 1.51. The SMILES string of the molecule is CCc1noc([C@@H]2CCCN2C(=O)C=Cc2nc3ccccc3s2)n1. The minimum atomic E-state index is -0.125. The van der Waals surface area contributed by atoms with Gasteiger partial charge in [-0.15, -0.1) is 11.3 Å². The summed E-state index contributed by atoms with van der Waals surface area (Å²) in [6.07, 6.45) is 5.89. The number of likely N-dealkylation sites (tertiary alicyclic amines) is 1. The van der Waals surface area contributed by atoms with Crippen LogP contribution >= 0.6 is 11.3 Å². The second kappa shape index (κ2) is 6.76. The van der Waals surface area contributed by atoms with Crippen molar-refractivity contribution in [1.29, 1.82) is 0 Å². The number of aromatic nitrogens is 3. The normalized spacial score (nSPS) is 17.8.